The van der Waals surface area contributed by atoms with Crippen molar-refractivity contribution in [3.63, 3.8) is 0 Å². The molecule has 1 aromatic heterocycles. The van der Waals surface area contributed by atoms with Crippen LogP contribution in [0.4, 0.5) is 0 Å². The second-order valence-electron chi connectivity index (χ2n) is 9.63. The molecule has 1 saturated heterocycles. The average Bonchev–Trinajstić information content (AvgIpc) is 3.08. The summed E-state index contributed by atoms with van der Waals surface area (Å²) >= 11 is 0. The number of pyridine rings is 1. The van der Waals surface area contributed by atoms with E-state index in [2.05, 4.69) is 40.2 Å². The highest BCUT2D eigenvalue weighted by atomic mass is 16.7. The quantitative estimate of drug-likeness (QED) is 0.124. The minimum atomic E-state index is -1.04. The van der Waals surface area contributed by atoms with Crippen LogP contribution in [0.3, 0.4) is 0 Å². The Hall–Kier alpha value is -3.42. The third kappa shape index (κ3) is 18.5. The van der Waals surface area contributed by atoms with Gasteiger partial charge in [0.05, 0.1) is 23.9 Å². The van der Waals surface area contributed by atoms with E-state index in [0.29, 0.717) is 12.2 Å². The van der Waals surface area contributed by atoms with Crippen molar-refractivity contribution in [1.82, 2.24) is 15.6 Å². The van der Waals surface area contributed by atoms with Crippen LogP contribution in [0.2, 0.25) is 0 Å². The van der Waals surface area contributed by atoms with Crippen LogP contribution in [-0.4, -0.2) is 77.3 Å². The Balaban J connectivity index is 0. The van der Waals surface area contributed by atoms with Crippen molar-refractivity contribution in [3.05, 3.63) is 54.2 Å². The first-order chi connectivity index (χ1) is 22.2. The number of aliphatic hydroxyl groups is 2. The summed E-state index contributed by atoms with van der Waals surface area (Å²) in [5.74, 6) is 3.56. The van der Waals surface area contributed by atoms with Crippen LogP contribution in [0.1, 0.15) is 97.9 Å². The molecular weight excluding hydrogens is 592 g/mol. The van der Waals surface area contributed by atoms with Gasteiger partial charge in [-0.15, -0.1) is 0 Å². The van der Waals surface area contributed by atoms with Crippen molar-refractivity contribution in [2.75, 3.05) is 13.2 Å². The molecule has 5 atom stereocenters. The third-order valence-corrected chi connectivity index (χ3v) is 5.95. The first-order valence-electron chi connectivity index (χ1n) is 16.2. The van der Waals surface area contributed by atoms with Gasteiger partial charge in [0, 0.05) is 43.8 Å². The zero-order valence-corrected chi connectivity index (χ0v) is 28.9. The minimum absolute atomic E-state index is 0.153. The highest BCUT2D eigenvalue weighted by molar-refractivity contribution is 5.94. The van der Waals surface area contributed by atoms with Gasteiger partial charge < -0.3 is 35.2 Å². The summed E-state index contributed by atoms with van der Waals surface area (Å²) < 4.78 is 11.6. The maximum absolute atomic E-state index is 12.6. The number of unbranched alkanes of at least 4 members (excludes halogenated alkanes) is 1. The molecule has 12 nitrogen and oxygen atoms in total. The van der Waals surface area contributed by atoms with Crippen LogP contribution in [0.5, 0.6) is 0 Å². The van der Waals surface area contributed by atoms with Gasteiger partial charge in [-0.1, -0.05) is 79.5 Å². The zero-order valence-electron chi connectivity index (χ0n) is 28.9. The molecule has 1 aliphatic heterocycles. The normalized spacial score (nSPS) is 18.5. The fourth-order valence-electron chi connectivity index (χ4n) is 4.01. The van der Waals surface area contributed by atoms with Gasteiger partial charge in [-0.05, 0) is 37.1 Å². The highest BCUT2D eigenvalue weighted by Crippen LogP contribution is 2.25. The van der Waals surface area contributed by atoms with E-state index in [1.807, 2.05) is 65.0 Å². The predicted molar refractivity (Wildman–Crippen MR) is 180 cm³/mol. The first-order valence-corrected chi connectivity index (χ1v) is 16.2. The number of hydrogen-bond acceptors (Lipinski definition) is 10. The lowest BCUT2D eigenvalue weighted by Gasteiger charge is -2.41. The fraction of sp³-hybridized carbons (Fsp3) is 0.588. The highest BCUT2D eigenvalue weighted by Gasteiger charge is 2.42. The molecule has 0 radical (unpaired) electrons. The number of nitrogens with two attached hydrogens (primary N) is 1. The third-order valence-electron chi connectivity index (χ3n) is 5.95. The summed E-state index contributed by atoms with van der Waals surface area (Å²) in [5.41, 5.74) is 2.22. The summed E-state index contributed by atoms with van der Waals surface area (Å²) in [6.07, 6.45) is 1.64. The predicted octanol–water partition coefficient (Wildman–Crippen LogP) is 4.53. The van der Waals surface area contributed by atoms with Crippen LogP contribution in [0, 0.1) is 0 Å². The lowest BCUT2D eigenvalue weighted by molar-refractivity contribution is -0.244. The molecule has 0 saturated carbocycles. The molecule has 262 valence electrons. The fourth-order valence-corrected chi connectivity index (χ4v) is 4.01. The molecule has 1 fully saturated rings. The molecule has 0 aliphatic carbocycles. The molecule has 12 heteroatoms. The second-order valence-corrected chi connectivity index (χ2v) is 9.63. The molecule has 6 N–H and O–H groups in total. The van der Waals surface area contributed by atoms with Gasteiger partial charge in [0.25, 0.3) is 5.91 Å². The lowest BCUT2D eigenvalue weighted by Crippen LogP contribution is -2.61. The molecule has 0 bridgehead atoms. The van der Waals surface area contributed by atoms with E-state index in [-0.39, 0.29) is 37.7 Å². The Labute approximate surface area is 275 Å². The maximum atomic E-state index is 12.6. The van der Waals surface area contributed by atoms with Crippen molar-refractivity contribution in [1.29, 1.82) is 0 Å². The Kier molecular flexibility index (Phi) is 28.2. The van der Waals surface area contributed by atoms with Gasteiger partial charge in [-0.2, -0.15) is 5.90 Å². The summed E-state index contributed by atoms with van der Waals surface area (Å²) in [4.78, 5) is 40.7. The van der Waals surface area contributed by atoms with Crippen LogP contribution in [0.15, 0.2) is 48.7 Å². The molecule has 0 spiro atoms. The van der Waals surface area contributed by atoms with Crippen LogP contribution in [-0.2, 0) is 23.9 Å². The second kappa shape index (κ2) is 29.0. The largest absolute Gasteiger partial charge is 0.391 e. The summed E-state index contributed by atoms with van der Waals surface area (Å²) in [6.45, 7) is 16.5. The number of ether oxygens (including phenoxy) is 2. The zero-order chi connectivity index (χ0) is 35.3. The first kappa shape index (κ1) is 44.7. The van der Waals surface area contributed by atoms with Gasteiger partial charge in [-0.25, -0.2) is 0 Å². The summed E-state index contributed by atoms with van der Waals surface area (Å²) in [6, 6.07) is 12.0. The Morgan fingerprint density at radius 1 is 1.11 bits per heavy atom. The number of amides is 2. The van der Waals surface area contributed by atoms with Crippen molar-refractivity contribution in [3.8, 4) is 11.3 Å². The van der Waals surface area contributed by atoms with Gasteiger partial charge in [-0.3, -0.25) is 19.4 Å². The summed E-state index contributed by atoms with van der Waals surface area (Å²) in [5, 5.41) is 26.8. The van der Waals surface area contributed by atoms with Crippen molar-refractivity contribution in [2.45, 2.75) is 118 Å². The van der Waals surface area contributed by atoms with Gasteiger partial charge in [0.2, 0.25) is 5.91 Å². The van der Waals surface area contributed by atoms with E-state index in [1.54, 1.807) is 18.3 Å². The smallest absolute Gasteiger partial charge is 0.312 e. The standard InChI is InChI=1S/C26H35N3O6.C3H8.2C2H6.CH3NO2/c1-3-4-15-34-23-16-22(32)24(29-17(2)30)25(35-23)21(31)12-14-28-26(33)19-10-8-18(9-11-19)20-7-5-6-13-27-20;1-3-2;2*1-2;2-4-1-3/h5-11,13,21-25,31-32H,3-4,12,14-16H2,1-2H3,(H,28,33)(H,29,30);3H2,1-2H3;2*1-2H3;1H,2H2/t21?,22?,23?,24-,25?;;;;/m1..../s1. The van der Waals surface area contributed by atoms with Crippen LogP contribution in [0.25, 0.3) is 11.3 Å². The van der Waals surface area contributed by atoms with E-state index in [1.165, 1.54) is 13.3 Å². The maximum Gasteiger partial charge on any atom is 0.312 e. The van der Waals surface area contributed by atoms with E-state index in [9.17, 15) is 19.8 Å². The number of aliphatic hydroxyl groups excluding tert-OH is 2. The average molecular weight is 651 g/mol. The van der Waals surface area contributed by atoms with E-state index in [0.717, 1.165) is 24.1 Å². The number of nitrogens with zero attached hydrogens (tertiary/aromatic N) is 1. The number of nitrogens with one attached hydrogen (secondary N) is 2. The minimum Gasteiger partial charge on any atom is -0.391 e. The Morgan fingerprint density at radius 3 is 2.22 bits per heavy atom. The Bertz CT molecular complexity index is 1030. The number of hydrogen-bond donors (Lipinski definition) is 5. The number of aromatic nitrogens is 1. The van der Waals surface area contributed by atoms with Gasteiger partial charge in [0.15, 0.2) is 6.29 Å². The van der Waals surface area contributed by atoms with Crippen LogP contribution >= 0.6 is 0 Å². The molecule has 4 unspecified atom stereocenters. The number of carbonyl (C=O) groups is 3. The molecule has 2 heterocycles. The SMILES string of the molecule is CC.CC.CCC.CCCCOC1CC(O)[C@@H](NC(C)=O)C(C(O)CCNC(=O)c2ccc(-c3ccccn3)cc2)O1.NOC=O. The molecule has 1 aromatic carbocycles. The molecule has 46 heavy (non-hydrogen) atoms. The summed E-state index contributed by atoms with van der Waals surface area (Å²) in [7, 11) is 0. The number of rotatable bonds is 12. The number of benzene rings is 1. The molecule has 2 aromatic rings. The lowest BCUT2D eigenvalue weighted by atomic mass is 9.93. The monoisotopic (exact) mass is 650 g/mol. The molecule has 3 rings (SSSR count). The molecule has 1 aliphatic rings. The molecule has 2 amide bonds. The van der Waals surface area contributed by atoms with Crippen LogP contribution < -0.4 is 16.5 Å². The van der Waals surface area contributed by atoms with Gasteiger partial charge >= 0.3 is 6.47 Å². The van der Waals surface area contributed by atoms with Gasteiger partial charge in [0.1, 0.15) is 6.10 Å². The van der Waals surface area contributed by atoms with Crippen molar-refractivity contribution in [2.24, 2.45) is 5.90 Å². The Morgan fingerprint density at radius 2 is 1.72 bits per heavy atom. The topological polar surface area (TPSA) is 182 Å². The number of carbonyl (C=O) groups excluding carboxylic acids is 3. The van der Waals surface area contributed by atoms with Crippen molar-refractivity contribution < 1.29 is 38.9 Å². The van der Waals surface area contributed by atoms with E-state index < -0.39 is 30.6 Å². The van der Waals surface area contributed by atoms with E-state index in [4.69, 9.17) is 14.3 Å². The van der Waals surface area contributed by atoms with E-state index >= 15 is 0 Å². The van der Waals surface area contributed by atoms with Crippen molar-refractivity contribution >= 4 is 18.3 Å². The molecular formula is C34H58N4O8.